The molecule has 0 bridgehead atoms. The number of halogens is 1. The van der Waals surface area contributed by atoms with Crippen molar-refractivity contribution in [3.05, 3.63) is 41.8 Å². The van der Waals surface area contributed by atoms with Crippen LogP contribution in [0, 0.1) is 12.7 Å². The van der Waals surface area contributed by atoms with E-state index in [1.807, 2.05) is 6.92 Å². The number of aromatic nitrogens is 2. The second kappa shape index (κ2) is 9.17. The first-order chi connectivity index (χ1) is 12.0. The second-order valence-electron chi connectivity index (χ2n) is 5.91. The Labute approximate surface area is 147 Å². The number of benzene rings is 1. The van der Waals surface area contributed by atoms with Crippen molar-refractivity contribution < 1.29 is 14.3 Å². The molecular weight excluding hydrogens is 323 g/mol. The standard InChI is InChI=1S/C18H25FN4O2/c1-3-4-5-10-22(11-12-24)18(25)20-17-13-14(2)23(21-17)16-8-6-15(19)7-9-16/h6-9,13,24H,3-5,10-12H2,1-2H3,(H,20,21,25). The van der Waals surface area contributed by atoms with E-state index in [2.05, 4.69) is 17.3 Å². The number of unbranched alkanes of at least 4 members (excludes halogenated alkanes) is 2. The fourth-order valence-corrected chi connectivity index (χ4v) is 2.56. The predicted octanol–water partition coefficient (Wildman–Crippen LogP) is 3.34. The third-order valence-corrected chi connectivity index (χ3v) is 3.88. The van der Waals surface area contributed by atoms with Crippen LogP contribution in [0.25, 0.3) is 5.69 Å². The summed E-state index contributed by atoms with van der Waals surface area (Å²) in [6.45, 7) is 4.76. The minimum atomic E-state index is -0.311. The lowest BCUT2D eigenvalue weighted by atomic mass is 10.2. The maximum Gasteiger partial charge on any atom is 0.323 e. The first-order valence-corrected chi connectivity index (χ1v) is 8.54. The van der Waals surface area contributed by atoms with E-state index < -0.39 is 0 Å². The van der Waals surface area contributed by atoms with Gasteiger partial charge in [0.2, 0.25) is 0 Å². The Morgan fingerprint density at radius 3 is 2.64 bits per heavy atom. The first-order valence-electron chi connectivity index (χ1n) is 8.54. The number of hydrogen-bond donors (Lipinski definition) is 2. The normalized spacial score (nSPS) is 10.7. The predicted molar refractivity (Wildman–Crippen MR) is 95.5 cm³/mol. The molecule has 1 aromatic heterocycles. The van der Waals surface area contributed by atoms with Crippen LogP contribution < -0.4 is 5.32 Å². The van der Waals surface area contributed by atoms with Crippen LogP contribution in [0.15, 0.2) is 30.3 Å². The van der Waals surface area contributed by atoms with E-state index in [-0.39, 0.29) is 25.0 Å². The Morgan fingerprint density at radius 1 is 1.28 bits per heavy atom. The fraction of sp³-hybridized carbons (Fsp3) is 0.444. The van der Waals surface area contributed by atoms with Crippen molar-refractivity contribution in [2.24, 2.45) is 0 Å². The zero-order chi connectivity index (χ0) is 18.2. The molecule has 2 aromatic rings. The van der Waals surface area contributed by atoms with E-state index >= 15 is 0 Å². The SMILES string of the molecule is CCCCCN(CCO)C(=O)Nc1cc(C)n(-c2ccc(F)cc2)n1. The van der Waals surface area contributed by atoms with Gasteiger partial charge in [-0.15, -0.1) is 5.10 Å². The topological polar surface area (TPSA) is 70.4 Å². The van der Waals surface area contributed by atoms with Crippen molar-refractivity contribution in [3.63, 3.8) is 0 Å². The van der Waals surface area contributed by atoms with Crippen LogP contribution in [0.1, 0.15) is 31.9 Å². The Balaban J connectivity index is 2.07. The van der Waals surface area contributed by atoms with Crippen molar-refractivity contribution in [3.8, 4) is 5.69 Å². The van der Waals surface area contributed by atoms with Crippen LogP contribution in [0.2, 0.25) is 0 Å². The molecule has 0 spiro atoms. The van der Waals surface area contributed by atoms with Gasteiger partial charge in [-0.3, -0.25) is 5.32 Å². The molecule has 0 atom stereocenters. The number of aliphatic hydroxyl groups excluding tert-OH is 1. The minimum Gasteiger partial charge on any atom is -0.395 e. The third kappa shape index (κ3) is 5.29. The second-order valence-corrected chi connectivity index (χ2v) is 5.91. The van der Waals surface area contributed by atoms with Crippen molar-refractivity contribution in [1.29, 1.82) is 0 Å². The van der Waals surface area contributed by atoms with Gasteiger partial charge in [0.1, 0.15) is 5.82 Å². The Bertz CT molecular complexity index is 685. The number of rotatable bonds is 8. The monoisotopic (exact) mass is 348 g/mol. The number of hydrogen-bond acceptors (Lipinski definition) is 3. The molecule has 1 heterocycles. The van der Waals surface area contributed by atoms with Gasteiger partial charge >= 0.3 is 6.03 Å². The number of nitrogens with zero attached hydrogens (tertiary/aromatic N) is 3. The summed E-state index contributed by atoms with van der Waals surface area (Å²) >= 11 is 0. The summed E-state index contributed by atoms with van der Waals surface area (Å²) in [5, 5.41) is 16.3. The quantitative estimate of drug-likeness (QED) is 0.719. The Hall–Kier alpha value is -2.41. The molecule has 0 saturated carbocycles. The van der Waals surface area contributed by atoms with Crippen LogP contribution in [0.4, 0.5) is 15.0 Å². The van der Waals surface area contributed by atoms with E-state index in [4.69, 9.17) is 5.11 Å². The van der Waals surface area contributed by atoms with Crippen LogP contribution in [-0.2, 0) is 0 Å². The highest BCUT2D eigenvalue weighted by molar-refractivity contribution is 5.88. The van der Waals surface area contributed by atoms with Crippen molar-refractivity contribution in [2.75, 3.05) is 25.0 Å². The zero-order valence-electron chi connectivity index (χ0n) is 14.7. The molecule has 2 N–H and O–H groups in total. The average molecular weight is 348 g/mol. The molecule has 136 valence electrons. The molecule has 25 heavy (non-hydrogen) atoms. The van der Waals surface area contributed by atoms with Crippen LogP contribution in [0.3, 0.4) is 0 Å². The number of aliphatic hydroxyl groups is 1. The zero-order valence-corrected chi connectivity index (χ0v) is 14.7. The molecule has 0 saturated heterocycles. The van der Waals surface area contributed by atoms with Crippen LogP contribution in [-0.4, -0.2) is 45.5 Å². The van der Waals surface area contributed by atoms with E-state index in [0.29, 0.717) is 12.4 Å². The fourth-order valence-electron chi connectivity index (χ4n) is 2.56. The molecule has 0 unspecified atom stereocenters. The molecule has 2 rings (SSSR count). The maximum absolute atomic E-state index is 13.1. The van der Waals surface area contributed by atoms with E-state index in [9.17, 15) is 9.18 Å². The van der Waals surface area contributed by atoms with Crippen molar-refractivity contribution in [1.82, 2.24) is 14.7 Å². The Morgan fingerprint density at radius 2 is 2.00 bits per heavy atom. The lowest BCUT2D eigenvalue weighted by Crippen LogP contribution is -2.37. The molecule has 0 aliphatic rings. The lowest BCUT2D eigenvalue weighted by Gasteiger charge is -2.21. The highest BCUT2D eigenvalue weighted by Gasteiger charge is 2.15. The van der Waals surface area contributed by atoms with E-state index in [1.165, 1.54) is 12.1 Å². The number of carbonyl (C=O) groups is 1. The molecule has 6 nitrogen and oxygen atoms in total. The molecular formula is C18H25FN4O2. The first kappa shape index (κ1) is 18.9. The molecule has 0 aliphatic heterocycles. The molecule has 0 aliphatic carbocycles. The van der Waals surface area contributed by atoms with E-state index in [0.717, 1.165) is 30.6 Å². The molecule has 0 fully saturated rings. The summed E-state index contributed by atoms with van der Waals surface area (Å²) in [6, 6.07) is 7.46. The van der Waals surface area contributed by atoms with Gasteiger partial charge in [0, 0.05) is 24.8 Å². The number of amides is 2. The smallest absolute Gasteiger partial charge is 0.323 e. The van der Waals surface area contributed by atoms with Gasteiger partial charge in [-0.1, -0.05) is 19.8 Å². The molecule has 2 amide bonds. The van der Waals surface area contributed by atoms with Gasteiger partial charge in [0.15, 0.2) is 5.82 Å². The van der Waals surface area contributed by atoms with E-state index in [1.54, 1.807) is 27.8 Å². The summed E-state index contributed by atoms with van der Waals surface area (Å²) in [7, 11) is 0. The maximum atomic E-state index is 13.1. The van der Waals surface area contributed by atoms with Gasteiger partial charge in [0.25, 0.3) is 0 Å². The third-order valence-electron chi connectivity index (χ3n) is 3.88. The summed E-state index contributed by atoms with van der Waals surface area (Å²) in [5.41, 5.74) is 1.54. The number of nitrogens with one attached hydrogen (secondary N) is 1. The average Bonchev–Trinajstić information content (AvgIpc) is 2.95. The summed E-state index contributed by atoms with van der Waals surface area (Å²) < 4.78 is 14.7. The summed E-state index contributed by atoms with van der Waals surface area (Å²) in [6.07, 6.45) is 3.00. The summed E-state index contributed by atoms with van der Waals surface area (Å²) in [5.74, 6) is 0.110. The summed E-state index contributed by atoms with van der Waals surface area (Å²) in [4.78, 5) is 14.0. The molecule has 1 aromatic carbocycles. The van der Waals surface area contributed by atoms with Gasteiger partial charge in [-0.25, -0.2) is 13.9 Å². The van der Waals surface area contributed by atoms with Crippen LogP contribution in [0.5, 0.6) is 0 Å². The number of carbonyl (C=O) groups excluding carboxylic acids is 1. The van der Waals surface area contributed by atoms with Gasteiger partial charge in [0.05, 0.1) is 12.3 Å². The molecule has 0 radical (unpaired) electrons. The number of urea groups is 1. The Kier molecular flexibility index (Phi) is 6.94. The number of aryl methyl sites for hydroxylation is 1. The highest BCUT2D eigenvalue weighted by atomic mass is 19.1. The highest BCUT2D eigenvalue weighted by Crippen LogP contribution is 2.16. The number of anilines is 1. The van der Waals surface area contributed by atoms with Crippen LogP contribution >= 0.6 is 0 Å². The van der Waals surface area contributed by atoms with Crippen molar-refractivity contribution >= 4 is 11.8 Å². The van der Waals surface area contributed by atoms with Crippen molar-refractivity contribution in [2.45, 2.75) is 33.1 Å². The minimum absolute atomic E-state index is 0.0808. The van der Waals surface area contributed by atoms with Gasteiger partial charge in [-0.2, -0.15) is 0 Å². The van der Waals surface area contributed by atoms with Gasteiger partial charge < -0.3 is 10.0 Å². The largest absolute Gasteiger partial charge is 0.395 e. The van der Waals surface area contributed by atoms with Gasteiger partial charge in [-0.05, 0) is 37.6 Å². The lowest BCUT2D eigenvalue weighted by molar-refractivity contribution is 0.187. The molecule has 7 heteroatoms.